The summed E-state index contributed by atoms with van der Waals surface area (Å²) in [6.45, 7) is 3.92. The van der Waals surface area contributed by atoms with Crippen LogP contribution in [0.2, 0.25) is 0 Å². The molecule has 2 N–H and O–H groups in total. The lowest BCUT2D eigenvalue weighted by molar-refractivity contribution is 0.107. The van der Waals surface area contributed by atoms with Crippen molar-refractivity contribution < 1.29 is 31.4 Å². The average molecular weight is 683 g/mol. The number of phenolic OH excluding ortho intramolecular Hbond substituents is 1. The number of halogens is 3. The maximum Gasteiger partial charge on any atom is 0.319 e. The number of ether oxygens (including phenoxy) is 1. The Hall–Kier alpha value is -3.75. The Kier molecular flexibility index (Phi) is 7.49. The van der Waals surface area contributed by atoms with E-state index >= 15 is 4.39 Å². The van der Waals surface area contributed by atoms with Crippen LogP contribution < -0.4 is 14.4 Å². The molecule has 4 aromatic rings. The van der Waals surface area contributed by atoms with E-state index in [0.29, 0.717) is 79.3 Å². The first-order valence-electron chi connectivity index (χ1n) is 16.6. The van der Waals surface area contributed by atoms with Gasteiger partial charge >= 0.3 is 6.01 Å². The first-order chi connectivity index (χ1) is 23.0. The van der Waals surface area contributed by atoms with Crippen molar-refractivity contribution in [3.8, 4) is 23.0 Å². The molecule has 6 heterocycles. The Labute approximate surface area is 276 Å². The Morgan fingerprint density at radius 3 is 2.75 bits per heavy atom. The largest absolute Gasteiger partial charge is 0.508 e. The molecule has 0 amide bonds. The molecule has 48 heavy (non-hydrogen) atoms. The highest BCUT2D eigenvalue weighted by Gasteiger charge is 2.49. The van der Waals surface area contributed by atoms with E-state index < -0.39 is 38.9 Å². The number of aryl methyl sites for hydroxylation is 1. The lowest BCUT2D eigenvalue weighted by Crippen LogP contribution is -2.54. The number of benzene rings is 2. The molecule has 0 saturated carbocycles. The van der Waals surface area contributed by atoms with Gasteiger partial charge in [-0.05, 0) is 79.6 Å². The summed E-state index contributed by atoms with van der Waals surface area (Å²) in [5.74, 6) is -0.970. The SMILES string of the molecule is CCc1c(F)ccc2cc(O)cc(-c3ncc4c(N5CCCC6(CCS(=O)(=O)N6)C5)nc(OC[C@@]56CCCN5C[C@H](F)C6)nc4c3F)c12. The summed E-state index contributed by atoms with van der Waals surface area (Å²) in [4.78, 5) is 17.9. The Morgan fingerprint density at radius 2 is 1.96 bits per heavy atom. The molecular weight excluding hydrogens is 645 g/mol. The van der Waals surface area contributed by atoms with E-state index in [1.807, 2.05) is 4.90 Å². The number of phenols is 1. The fraction of sp³-hybridized carbons (Fsp3) is 0.500. The minimum absolute atomic E-state index is 0.0334. The molecule has 10 nitrogen and oxygen atoms in total. The van der Waals surface area contributed by atoms with Gasteiger partial charge in [0, 0.05) is 37.8 Å². The lowest BCUT2D eigenvalue weighted by Gasteiger charge is -2.40. The topological polar surface area (TPSA) is 121 Å². The van der Waals surface area contributed by atoms with Crippen molar-refractivity contribution in [1.29, 1.82) is 0 Å². The van der Waals surface area contributed by atoms with Gasteiger partial charge in [-0.1, -0.05) is 13.0 Å². The summed E-state index contributed by atoms with van der Waals surface area (Å²) in [5.41, 5.74) is -0.759. The zero-order chi connectivity index (χ0) is 33.4. The predicted molar refractivity (Wildman–Crippen MR) is 175 cm³/mol. The molecule has 2 aromatic carbocycles. The molecule has 0 aliphatic carbocycles. The Balaban J connectivity index is 1.27. The van der Waals surface area contributed by atoms with Crippen LogP contribution in [0.3, 0.4) is 0 Å². The van der Waals surface area contributed by atoms with Gasteiger partial charge in [-0.2, -0.15) is 9.97 Å². The number of hydrogen-bond acceptors (Lipinski definition) is 9. The number of aromatic nitrogens is 3. The van der Waals surface area contributed by atoms with Crippen molar-refractivity contribution in [2.75, 3.05) is 43.4 Å². The molecule has 1 spiro atoms. The third kappa shape index (κ3) is 5.23. The molecule has 14 heteroatoms. The van der Waals surface area contributed by atoms with Crippen LogP contribution in [0, 0.1) is 11.6 Å². The highest BCUT2D eigenvalue weighted by Crippen LogP contribution is 2.42. The van der Waals surface area contributed by atoms with Crippen LogP contribution in [0.25, 0.3) is 32.9 Å². The minimum Gasteiger partial charge on any atom is -0.508 e. The second-order valence-electron chi connectivity index (χ2n) is 13.8. The smallest absolute Gasteiger partial charge is 0.319 e. The van der Waals surface area contributed by atoms with Crippen molar-refractivity contribution in [3.05, 3.63) is 47.7 Å². The molecule has 2 aromatic heterocycles. The molecule has 4 saturated heterocycles. The van der Waals surface area contributed by atoms with Crippen molar-refractivity contribution in [2.24, 2.45) is 0 Å². The van der Waals surface area contributed by atoms with Gasteiger partial charge in [-0.25, -0.2) is 26.3 Å². The number of hydrogen-bond donors (Lipinski definition) is 2. The molecular formula is C34H37F3N6O4S. The number of aromatic hydroxyl groups is 1. The van der Waals surface area contributed by atoms with Gasteiger partial charge in [0.2, 0.25) is 10.0 Å². The minimum atomic E-state index is -3.40. The molecule has 4 aliphatic rings. The zero-order valence-corrected chi connectivity index (χ0v) is 27.4. The number of sulfonamides is 1. The number of anilines is 1. The van der Waals surface area contributed by atoms with Gasteiger partial charge in [-0.3, -0.25) is 9.88 Å². The van der Waals surface area contributed by atoms with E-state index in [1.54, 1.807) is 13.0 Å². The number of pyridine rings is 1. The Morgan fingerprint density at radius 1 is 1.12 bits per heavy atom. The van der Waals surface area contributed by atoms with Crippen molar-refractivity contribution in [2.45, 2.75) is 69.1 Å². The summed E-state index contributed by atoms with van der Waals surface area (Å²) in [6.07, 6.45) is 4.66. The summed E-state index contributed by atoms with van der Waals surface area (Å²) in [5, 5.41) is 11.9. The number of nitrogens with zero attached hydrogens (tertiary/aromatic N) is 5. The predicted octanol–water partition coefficient (Wildman–Crippen LogP) is 5.01. The summed E-state index contributed by atoms with van der Waals surface area (Å²) < 4.78 is 80.4. The van der Waals surface area contributed by atoms with Gasteiger partial charge in [0.1, 0.15) is 41.4 Å². The van der Waals surface area contributed by atoms with Crippen molar-refractivity contribution in [3.63, 3.8) is 0 Å². The standard InChI is InChI=1S/C34H37F3N6O4S/c1-2-23-26(36)6-5-20-13-22(44)14-24(27(20)23)29-28(37)30-25(16-38-29)31(42-10-3-7-33(18-42)9-12-48(45,46)41-33)40-32(39-30)47-19-34-8-4-11-43(34)17-21(35)15-34/h5-6,13-14,16,21,41,44H,2-4,7-12,15,17-19H2,1H3/t21-,33?,34+/m1/s1. The molecule has 8 rings (SSSR count). The number of fused-ring (bicyclic) bond motifs is 3. The number of nitrogens with one attached hydrogen (secondary N) is 1. The quantitative estimate of drug-likeness (QED) is 0.289. The molecule has 4 aliphatic heterocycles. The monoisotopic (exact) mass is 682 g/mol. The van der Waals surface area contributed by atoms with Crippen molar-refractivity contribution >= 4 is 37.5 Å². The normalized spacial score (nSPS) is 27.0. The molecule has 3 atom stereocenters. The summed E-state index contributed by atoms with van der Waals surface area (Å²) in [6, 6.07) is 5.67. The van der Waals surface area contributed by atoms with Crippen molar-refractivity contribution in [1.82, 2.24) is 24.6 Å². The van der Waals surface area contributed by atoms with Crippen LogP contribution in [0.4, 0.5) is 19.0 Å². The van der Waals surface area contributed by atoms with E-state index in [9.17, 15) is 22.3 Å². The van der Waals surface area contributed by atoms with Crippen LogP contribution in [-0.4, -0.2) is 89.2 Å². The third-order valence-corrected chi connectivity index (χ3v) is 12.2. The second-order valence-corrected chi connectivity index (χ2v) is 15.7. The van der Waals surface area contributed by atoms with Crippen LogP contribution in [0.1, 0.15) is 51.0 Å². The summed E-state index contributed by atoms with van der Waals surface area (Å²) >= 11 is 0. The van der Waals surface area contributed by atoms with Gasteiger partial charge in [0.25, 0.3) is 0 Å². The number of alkyl halides is 1. The Bertz CT molecular complexity index is 2070. The van der Waals surface area contributed by atoms with Gasteiger partial charge in [0.15, 0.2) is 5.82 Å². The van der Waals surface area contributed by atoms with Crippen LogP contribution in [0.15, 0.2) is 30.5 Å². The molecule has 1 unspecified atom stereocenters. The fourth-order valence-corrected chi connectivity index (χ4v) is 10.2. The number of piperidine rings is 1. The average Bonchev–Trinajstić information content (AvgIpc) is 3.68. The van der Waals surface area contributed by atoms with Crippen LogP contribution in [-0.2, 0) is 16.4 Å². The van der Waals surface area contributed by atoms with E-state index in [-0.39, 0.29) is 40.9 Å². The highest BCUT2D eigenvalue weighted by molar-refractivity contribution is 7.89. The van der Waals surface area contributed by atoms with E-state index in [1.165, 1.54) is 24.4 Å². The van der Waals surface area contributed by atoms with Gasteiger partial charge in [-0.15, -0.1) is 0 Å². The van der Waals surface area contributed by atoms with Crippen LogP contribution in [0.5, 0.6) is 11.8 Å². The lowest BCUT2D eigenvalue weighted by atomic mass is 9.87. The zero-order valence-electron chi connectivity index (χ0n) is 26.6. The first-order valence-corrected chi connectivity index (χ1v) is 18.2. The van der Waals surface area contributed by atoms with Gasteiger partial charge in [0.05, 0.1) is 22.2 Å². The van der Waals surface area contributed by atoms with Gasteiger partial charge < -0.3 is 14.7 Å². The van der Waals surface area contributed by atoms with E-state index in [0.717, 1.165) is 19.4 Å². The number of rotatable bonds is 6. The van der Waals surface area contributed by atoms with E-state index in [2.05, 4.69) is 19.6 Å². The second kappa shape index (κ2) is 11.4. The maximum absolute atomic E-state index is 16.9. The maximum atomic E-state index is 16.9. The highest BCUT2D eigenvalue weighted by atomic mass is 32.2. The molecule has 254 valence electrons. The fourth-order valence-electron chi connectivity index (χ4n) is 8.56. The van der Waals surface area contributed by atoms with Crippen LogP contribution >= 0.6 is 0 Å². The first kappa shape index (κ1) is 31.5. The molecule has 4 fully saturated rings. The molecule has 0 radical (unpaired) electrons. The molecule has 0 bridgehead atoms. The third-order valence-electron chi connectivity index (χ3n) is 10.7. The summed E-state index contributed by atoms with van der Waals surface area (Å²) in [7, 11) is -3.40. The van der Waals surface area contributed by atoms with E-state index in [4.69, 9.17) is 9.72 Å².